The van der Waals surface area contributed by atoms with Gasteiger partial charge in [0.15, 0.2) is 11.5 Å². The van der Waals surface area contributed by atoms with E-state index in [0.29, 0.717) is 41.8 Å². The second-order valence-electron chi connectivity index (χ2n) is 6.10. The minimum Gasteiger partial charge on any atom is -0.491 e. The molecule has 2 N–H and O–H groups in total. The first-order valence-corrected chi connectivity index (χ1v) is 8.41. The Bertz CT molecular complexity index is 852. The summed E-state index contributed by atoms with van der Waals surface area (Å²) in [6, 6.07) is 12.4. The fourth-order valence-electron chi connectivity index (χ4n) is 2.91. The van der Waals surface area contributed by atoms with Gasteiger partial charge in [-0.3, -0.25) is 9.59 Å². The number of rotatable bonds is 3. The molecule has 0 radical (unpaired) electrons. The first-order valence-electron chi connectivity index (χ1n) is 8.41. The van der Waals surface area contributed by atoms with Crippen LogP contribution in [-0.4, -0.2) is 31.6 Å². The van der Waals surface area contributed by atoms with Crippen LogP contribution in [0.3, 0.4) is 0 Å². The van der Waals surface area contributed by atoms with Crippen LogP contribution in [0.4, 0.5) is 11.4 Å². The Hall–Kier alpha value is -3.22. The number of carbonyl (C=O) groups is 2. The van der Waals surface area contributed by atoms with Crippen LogP contribution in [-0.2, 0) is 9.59 Å². The zero-order valence-electron chi connectivity index (χ0n) is 14.0. The molecule has 7 heteroatoms. The van der Waals surface area contributed by atoms with Gasteiger partial charge in [0.1, 0.15) is 25.6 Å². The molecule has 26 heavy (non-hydrogen) atoms. The summed E-state index contributed by atoms with van der Waals surface area (Å²) in [6.45, 7) is 1.14. The molecule has 4 rings (SSSR count). The first kappa shape index (κ1) is 16.3. The van der Waals surface area contributed by atoms with E-state index in [1.165, 1.54) is 0 Å². The van der Waals surface area contributed by atoms with E-state index < -0.39 is 5.92 Å². The molecule has 0 spiro atoms. The Kier molecular flexibility index (Phi) is 4.35. The van der Waals surface area contributed by atoms with E-state index in [1.807, 2.05) is 12.1 Å². The van der Waals surface area contributed by atoms with Gasteiger partial charge in [0.05, 0.1) is 11.6 Å². The summed E-state index contributed by atoms with van der Waals surface area (Å²) in [5.74, 6) is 0.794. The maximum atomic E-state index is 12.4. The van der Waals surface area contributed by atoms with Gasteiger partial charge >= 0.3 is 0 Å². The maximum Gasteiger partial charge on any atom is 0.231 e. The third-order valence-corrected chi connectivity index (χ3v) is 4.21. The number of hydrogen-bond donors (Lipinski definition) is 2. The van der Waals surface area contributed by atoms with Crippen molar-refractivity contribution in [2.24, 2.45) is 5.92 Å². The summed E-state index contributed by atoms with van der Waals surface area (Å²) in [4.78, 5) is 24.7. The fourth-order valence-corrected chi connectivity index (χ4v) is 2.91. The molecule has 2 amide bonds. The molecular formula is C19H18N2O5. The van der Waals surface area contributed by atoms with E-state index in [-0.39, 0.29) is 24.8 Å². The van der Waals surface area contributed by atoms with Gasteiger partial charge in [-0.2, -0.15) is 0 Å². The molecule has 0 fully saturated rings. The Balaban J connectivity index is 1.40. The van der Waals surface area contributed by atoms with Crippen molar-refractivity contribution in [3.8, 4) is 17.2 Å². The minimum atomic E-state index is -0.570. The molecule has 0 saturated heterocycles. The molecule has 2 aromatic carbocycles. The van der Waals surface area contributed by atoms with Crippen LogP contribution < -0.4 is 24.8 Å². The van der Waals surface area contributed by atoms with E-state index in [9.17, 15) is 9.59 Å². The average Bonchev–Trinajstić information content (AvgIpc) is 2.80. The second-order valence-corrected chi connectivity index (χ2v) is 6.10. The molecule has 134 valence electrons. The van der Waals surface area contributed by atoms with Gasteiger partial charge in [0, 0.05) is 18.2 Å². The molecule has 0 saturated carbocycles. The van der Waals surface area contributed by atoms with Crippen LogP contribution in [0, 0.1) is 5.92 Å². The zero-order valence-corrected chi connectivity index (χ0v) is 14.0. The molecule has 0 aliphatic carbocycles. The Labute approximate surface area is 150 Å². The summed E-state index contributed by atoms with van der Waals surface area (Å²) in [6.07, 6.45) is 0.0221. The summed E-state index contributed by atoms with van der Waals surface area (Å²) in [5.41, 5.74) is 1.21. The van der Waals surface area contributed by atoms with E-state index >= 15 is 0 Å². The lowest BCUT2D eigenvalue weighted by molar-refractivity contribution is -0.125. The maximum absolute atomic E-state index is 12.4. The number of ether oxygens (including phenoxy) is 3. The highest BCUT2D eigenvalue weighted by Gasteiger charge is 2.27. The second kappa shape index (κ2) is 6.95. The van der Waals surface area contributed by atoms with Crippen LogP contribution in [0.5, 0.6) is 17.2 Å². The number of carbonyl (C=O) groups excluding carboxylic acids is 2. The molecule has 2 heterocycles. The summed E-state index contributed by atoms with van der Waals surface area (Å²) >= 11 is 0. The predicted molar refractivity (Wildman–Crippen MR) is 94.7 cm³/mol. The normalized spacial score (nSPS) is 18.0. The highest BCUT2D eigenvalue weighted by atomic mass is 16.6. The third-order valence-electron chi connectivity index (χ3n) is 4.21. The molecule has 2 aliphatic heterocycles. The van der Waals surface area contributed by atoms with Crippen LogP contribution in [0.15, 0.2) is 42.5 Å². The van der Waals surface area contributed by atoms with Crippen molar-refractivity contribution in [3.63, 3.8) is 0 Å². The van der Waals surface area contributed by atoms with Crippen molar-refractivity contribution >= 4 is 23.2 Å². The highest BCUT2D eigenvalue weighted by molar-refractivity contribution is 5.99. The van der Waals surface area contributed by atoms with Gasteiger partial charge < -0.3 is 24.8 Å². The lowest BCUT2D eigenvalue weighted by Gasteiger charge is -2.19. The molecule has 2 aliphatic rings. The van der Waals surface area contributed by atoms with Gasteiger partial charge in [-0.15, -0.1) is 0 Å². The monoisotopic (exact) mass is 354 g/mol. The standard InChI is InChI=1S/C19H18N2O5/c22-18(20-13-5-6-16-17(10-13)25-8-7-24-16)9-12-11-26-15-4-2-1-3-14(15)21-19(12)23/h1-6,10,12H,7-9,11H2,(H,20,22)(H,21,23)/t12-/m1/s1. The predicted octanol–water partition coefficient (Wildman–Crippen LogP) is 2.43. The largest absolute Gasteiger partial charge is 0.491 e. The molecule has 2 aromatic rings. The van der Waals surface area contributed by atoms with Crippen molar-refractivity contribution < 1.29 is 23.8 Å². The van der Waals surface area contributed by atoms with Gasteiger partial charge in [0.25, 0.3) is 0 Å². The molecule has 0 aromatic heterocycles. The smallest absolute Gasteiger partial charge is 0.231 e. The van der Waals surface area contributed by atoms with E-state index in [4.69, 9.17) is 14.2 Å². The number of hydrogen-bond acceptors (Lipinski definition) is 5. The minimum absolute atomic E-state index is 0.0221. The van der Waals surface area contributed by atoms with E-state index in [0.717, 1.165) is 0 Å². The number of fused-ring (bicyclic) bond motifs is 2. The van der Waals surface area contributed by atoms with Gasteiger partial charge in [-0.1, -0.05) is 12.1 Å². The van der Waals surface area contributed by atoms with Gasteiger partial charge in [-0.25, -0.2) is 0 Å². The van der Waals surface area contributed by atoms with Crippen molar-refractivity contribution in [3.05, 3.63) is 42.5 Å². The van der Waals surface area contributed by atoms with Crippen LogP contribution in [0.1, 0.15) is 6.42 Å². The molecule has 7 nitrogen and oxygen atoms in total. The van der Waals surface area contributed by atoms with Crippen LogP contribution in [0.2, 0.25) is 0 Å². The molecule has 0 bridgehead atoms. The van der Waals surface area contributed by atoms with Gasteiger partial charge in [0.2, 0.25) is 11.8 Å². The Morgan fingerprint density at radius 2 is 1.85 bits per heavy atom. The number of para-hydroxylation sites is 2. The SMILES string of the molecule is O=C(C[C@@H]1COc2ccccc2NC1=O)Nc1ccc2c(c1)OCCO2. The van der Waals surface area contributed by atoms with Crippen molar-refractivity contribution in [2.75, 3.05) is 30.5 Å². The average molecular weight is 354 g/mol. The number of nitrogens with one attached hydrogen (secondary N) is 2. The Morgan fingerprint density at radius 1 is 1.04 bits per heavy atom. The number of benzene rings is 2. The van der Waals surface area contributed by atoms with Crippen molar-refractivity contribution in [1.29, 1.82) is 0 Å². The highest BCUT2D eigenvalue weighted by Crippen LogP contribution is 2.33. The summed E-state index contributed by atoms with van der Waals surface area (Å²) < 4.78 is 16.6. The van der Waals surface area contributed by atoms with E-state index in [1.54, 1.807) is 30.3 Å². The number of anilines is 2. The quantitative estimate of drug-likeness (QED) is 0.884. The first-order chi connectivity index (χ1) is 12.7. The summed E-state index contributed by atoms with van der Waals surface area (Å²) in [7, 11) is 0. The van der Waals surface area contributed by atoms with Crippen LogP contribution >= 0.6 is 0 Å². The molecule has 0 unspecified atom stereocenters. The topological polar surface area (TPSA) is 85.9 Å². The fraction of sp³-hybridized carbons (Fsp3) is 0.263. The van der Waals surface area contributed by atoms with E-state index in [2.05, 4.69) is 10.6 Å². The van der Waals surface area contributed by atoms with Gasteiger partial charge in [-0.05, 0) is 24.3 Å². The molecule has 1 atom stereocenters. The third kappa shape index (κ3) is 3.42. The molecular weight excluding hydrogens is 336 g/mol. The Morgan fingerprint density at radius 3 is 2.73 bits per heavy atom. The van der Waals surface area contributed by atoms with Crippen molar-refractivity contribution in [1.82, 2.24) is 0 Å². The zero-order chi connectivity index (χ0) is 17.9. The number of amides is 2. The lowest BCUT2D eigenvalue weighted by Crippen LogP contribution is -2.29. The lowest BCUT2D eigenvalue weighted by atomic mass is 10.1. The van der Waals surface area contributed by atoms with Crippen molar-refractivity contribution in [2.45, 2.75) is 6.42 Å². The van der Waals surface area contributed by atoms with Crippen LogP contribution in [0.25, 0.3) is 0 Å². The summed E-state index contributed by atoms with van der Waals surface area (Å²) in [5, 5.41) is 5.59.